The number of hydrogen-bond donors (Lipinski definition) is 0. The summed E-state index contributed by atoms with van der Waals surface area (Å²) in [6.07, 6.45) is 5.12. The molecule has 4 heteroatoms. The summed E-state index contributed by atoms with van der Waals surface area (Å²) >= 11 is 0. The van der Waals surface area contributed by atoms with Gasteiger partial charge in [-0.25, -0.2) is 0 Å². The molecule has 0 aliphatic heterocycles. The van der Waals surface area contributed by atoms with Crippen LogP contribution in [-0.2, 0) is 9.09 Å². The molecule has 0 spiro atoms. The molecular weight excluding hydrogens is 202 g/mol. The Labute approximate surface area is 86.8 Å². The van der Waals surface area contributed by atoms with Gasteiger partial charge in [-0.05, 0) is 13.3 Å². The van der Waals surface area contributed by atoms with Crippen LogP contribution in [0.2, 0.25) is 0 Å². The van der Waals surface area contributed by atoms with E-state index in [1.54, 1.807) is 13.8 Å². The molecule has 0 amide bonds. The van der Waals surface area contributed by atoms with E-state index in [-0.39, 0.29) is 12.3 Å². The molecular formula is C10H22FO2P. The van der Waals surface area contributed by atoms with Crippen LogP contribution >= 0.6 is 7.68 Å². The van der Waals surface area contributed by atoms with Gasteiger partial charge in [0, 0.05) is 0 Å². The summed E-state index contributed by atoms with van der Waals surface area (Å²) in [4.78, 5) is 0. The zero-order valence-electron chi connectivity index (χ0n) is 9.46. The summed E-state index contributed by atoms with van der Waals surface area (Å²) in [5.74, 6) is 0. The first-order chi connectivity index (χ1) is 6.52. The molecule has 0 aromatic rings. The molecule has 0 bridgehead atoms. The van der Waals surface area contributed by atoms with Crippen LogP contribution in [-0.4, -0.2) is 12.3 Å². The summed E-state index contributed by atoms with van der Waals surface area (Å²) in [7, 11) is -3.79. The van der Waals surface area contributed by atoms with Crippen LogP contribution < -0.4 is 0 Å². The van der Waals surface area contributed by atoms with Crippen molar-refractivity contribution < 1.29 is 13.3 Å². The molecule has 2 unspecified atom stereocenters. The van der Waals surface area contributed by atoms with Gasteiger partial charge in [0.25, 0.3) is 0 Å². The largest absolute Gasteiger partial charge is 0.367 e. The highest BCUT2D eigenvalue weighted by Crippen LogP contribution is 2.49. The Bertz CT molecular complexity index is 185. The molecule has 0 saturated carbocycles. The number of unbranched alkanes of at least 4 members (excludes halogenated alkanes) is 3. The first kappa shape index (κ1) is 14.1. The van der Waals surface area contributed by atoms with E-state index in [1.165, 1.54) is 12.8 Å². The van der Waals surface area contributed by atoms with Crippen LogP contribution in [0, 0.1) is 0 Å². The van der Waals surface area contributed by atoms with Gasteiger partial charge in [-0.15, -0.1) is 0 Å². The van der Waals surface area contributed by atoms with Gasteiger partial charge in [0.15, 0.2) is 0 Å². The molecule has 0 rings (SSSR count). The molecule has 2 atom stereocenters. The van der Waals surface area contributed by atoms with E-state index in [0.717, 1.165) is 19.3 Å². The van der Waals surface area contributed by atoms with Crippen molar-refractivity contribution in [2.75, 3.05) is 6.16 Å². The smallest absolute Gasteiger partial charge is 0.302 e. The lowest BCUT2D eigenvalue weighted by molar-refractivity contribution is 0.193. The fourth-order valence-electron chi connectivity index (χ4n) is 1.25. The Hall–Kier alpha value is 0.120. The summed E-state index contributed by atoms with van der Waals surface area (Å²) in [6, 6.07) is 0. The summed E-state index contributed by atoms with van der Waals surface area (Å²) < 4.78 is 28.8. The summed E-state index contributed by atoms with van der Waals surface area (Å²) in [6.45, 7) is 5.48. The average molecular weight is 224 g/mol. The minimum absolute atomic E-state index is 0.0215. The number of hydrogen-bond acceptors (Lipinski definition) is 2. The van der Waals surface area contributed by atoms with Gasteiger partial charge in [0.1, 0.15) is 0 Å². The third-order valence-electron chi connectivity index (χ3n) is 2.18. The molecule has 86 valence electrons. The van der Waals surface area contributed by atoms with Crippen LogP contribution in [0.25, 0.3) is 0 Å². The van der Waals surface area contributed by atoms with Crippen molar-refractivity contribution in [2.45, 2.75) is 59.0 Å². The maximum atomic E-state index is 13.0. The van der Waals surface area contributed by atoms with E-state index >= 15 is 0 Å². The van der Waals surface area contributed by atoms with E-state index in [9.17, 15) is 8.76 Å². The molecule has 0 fully saturated rings. The monoisotopic (exact) mass is 224 g/mol. The van der Waals surface area contributed by atoms with Gasteiger partial charge in [-0.2, -0.15) is 4.20 Å². The lowest BCUT2D eigenvalue weighted by Crippen LogP contribution is -2.05. The molecule has 0 aromatic carbocycles. The quantitative estimate of drug-likeness (QED) is 0.446. The second kappa shape index (κ2) is 7.42. The van der Waals surface area contributed by atoms with E-state index in [4.69, 9.17) is 4.52 Å². The van der Waals surface area contributed by atoms with E-state index in [2.05, 4.69) is 6.92 Å². The van der Waals surface area contributed by atoms with Crippen LogP contribution in [0.1, 0.15) is 52.9 Å². The average Bonchev–Trinajstić information content (AvgIpc) is 2.12. The van der Waals surface area contributed by atoms with E-state index in [0.29, 0.717) is 0 Å². The lowest BCUT2D eigenvalue weighted by Gasteiger charge is -2.14. The maximum Gasteiger partial charge on any atom is 0.367 e. The topological polar surface area (TPSA) is 26.3 Å². The van der Waals surface area contributed by atoms with Crippen LogP contribution in [0.15, 0.2) is 0 Å². The Balaban J connectivity index is 3.55. The van der Waals surface area contributed by atoms with Crippen molar-refractivity contribution in [3.05, 3.63) is 0 Å². The minimum Gasteiger partial charge on any atom is -0.302 e. The molecule has 0 N–H and O–H groups in total. The highest BCUT2D eigenvalue weighted by atomic mass is 31.2. The first-order valence-electron chi connectivity index (χ1n) is 5.49. The number of rotatable bonds is 8. The molecule has 0 radical (unpaired) electrons. The molecule has 0 aliphatic carbocycles. The lowest BCUT2D eigenvalue weighted by atomic mass is 10.1. The van der Waals surface area contributed by atoms with Crippen LogP contribution in [0.4, 0.5) is 4.20 Å². The Morgan fingerprint density at radius 1 is 1.29 bits per heavy atom. The molecule has 2 nitrogen and oxygen atoms in total. The maximum absolute atomic E-state index is 13.0. The van der Waals surface area contributed by atoms with Crippen LogP contribution in [0.3, 0.4) is 0 Å². The Morgan fingerprint density at radius 3 is 2.43 bits per heavy atom. The van der Waals surface area contributed by atoms with Crippen molar-refractivity contribution in [2.24, 2.45) is 0 Å². The molecule has 0 heterocycles. The predicted octanol–water partition coefficient (Wildman–Crippen LogP) is 4.54. The summed E-state index contributed by atoms with van der Waals surface area (Å²) in [5, 5.41) is 0. The zero-order valence-corrected chi connectivity index (χ0v) is 10.4. The van der Waals surface area contributed by atoms with Gasteiger partial charge in [-0.3, -0.25) is 4.57 Å². The fourth-order valence-corrected chi connectivity index (χ4v) is 2.05. The second-order valence-electron chi connectivity index (χ2n) is 3.67. The molecule has 0 aromatic heterocycles. The van der Waals surface area contributed by atoms with E-state index < -0.39 is 7.68 Å². The third-order valence-corrected chi connectivity index (χ3v) is 3.61. The third kappa shape index (κ3) is 7.52. The summed E-state index contributed by atoms with van der Waals surface area (Å²) in [5.41, 5.74) is 0. The first-order valence-corrected chi connectivity index (χ1v) is 7.19. The van der Waals surface area contributed by atoms with Gasteiger partial charge < -0.3 is 4.52 Å². The fraction of sp³-hybridized carbons (Fsp3) is 1.00. The number of halogens is 1. The van der Waals surface area contributed by atoms with Crippen molar-refractivity contribution >= 4 is 7.68 Å². The van der Waals surface area contributed by atoms with Gasteiger partial charge in [0.05, 0.1) is 12.3 Å². The normalized spacial score (nSPS) is 17.7. The molecule has 0 saturated heterocycles. The van der Waals surface area contributed by atoms with Crippen molar-refractivity contribution in [1.29, 1.82) is 0 Å². The van der Waals surface area contributed by atoms with Crippen molar-refractivity contribution in [3.8, 4) is 0 Å². The SMILES string of the molecule is CCCCCCC(C)OP(=O)(F)CC. The van der Waals surface area contributed by atoms with Crippen LogP contribution in [0.5, 0.6) is 0 Å². The second-order valence-corrected chi connectivity index (χ2v) is 5.70. The molecule has 14 heavy (non-hydrogen) atoms. The van der Waals surface area contributed by atoms with Crippen molar-refractivity contribution in [1.82, 2.24) is 0 Å². The van der Waals surface area contributed by atoms with Gasteiger partial charge in [-0.1, -0.05) is 39.5 Å². The van der Waals surface area contributed by atoms with Crippen molar-refractivity contribution in [3.63, 3.8) is 0 Å². The minimum atomic E-state index is -3.79. The highest BCUT2D eigenvalue weighted by Gasteiger charge is 2.21. The highest BCUT2D eigenvalue weighted by molar-refractivity contribution is 7.53. The Morgan fingerprint density at radius 2 is 1.93 bits per heavy atom. The van der Waals surface area contributed by atoms with E-state index in [1.807, 2.05) is 0 Å². The van der Waals surface area contributed by atoms with Gasteiger partial charge in [0.2, 0.25) is 0 Å². The predicted molar refractivity (Wildman–Crippen MR) is 58.6 cm³/mol. The van der Waals surface area contributed by atoms with Gasteiger partial charge >= 0.3 is 7.68 Å². The zero-order chi connectivity index (χ0) is 11.0. The standard InChI is InChI=1S/C10H22FO2P/c1-4-6-7-8-9-10(3)13-14(11,12)5-2/h10H,4-9H2,1-3H3. The Kier molecular flexibility index (Phi) is 7.48. The molecule has 0 aliphatic rings.